The van der Waals surface area contributed by atoms with Crippen molar-refractivity contribution in [2.45, 2.75) is 19.9 Å². The lowest BCUT2D eigenvalue weighted by Gasteiger charge is -2.15. The molecule has 0 radical (unpaired) electrons. The van der Waals surface area contributed by atoms with Crippen molar-refractivity contribution in [3.8, 4) is 0 Å². The second-order valence-electron chi connectivity index (χ2n) is 3.98. The third-order valence-electron chi connectivity index (χ3n) is 2.68. The van der Waals surface area contributed by atoms with Crippen LogP contribution in [0.5, 0.6) is 0 Å². The Labute approximate surface area is 99.2 Å². The Bertz CT molecular complexity index is 524. The number of ether oxygens (including phenoxy) is 1. The minimum Gasteiger partial charge on any atom is -0.380 e. The summed E-state index contributed by atoms with van der Waals surface area (Å²) in [5.74, 6) is 0.0973. The number of benzene rings is 1. The lowest BCUT2D eigenvalue weighted by Crippen LogP contribution is -2.14. The van der Waals surface area contributed by atoms with Gasteiger partial charge in [0.15, 0.2) is 0 Å². The molecule has 0 saturated heterocycles. The third kappa shape index (κ3) is 2.24. The first-order valence-corrected chi connectivity index (χ1v) is 5.64. The maximum Gasteiger partial charge on any atom is 0.201 e. The van der Waals surface area contributed by atoms with Gasteiger partial charge in [-0.2, -0.15) is 0 Å². The predicted octanol–water partition coefficient (Wildman–Crippen LogP) is 2.36. The highest BCUT2D eigenvalue weighted by Crippen LogP contribution is 2.23. The summed E-state index contributed by atoms with van der Waals surface area (Å²) < 4.78 is 20.4. The van der Waals surface area contributed by atoms with Crippen LogP contribution in [0.3, 0.4) is 0 Å². The van der Waals surface area contributed by atoms with E-state index in [1.165, 1.54) is 12.1 Å². The van der Waals surface area contributed by atoms with Crippen LogP contribution in [-0.4, -0.2) is 22.8 Å². The Kier molecular flexibility index (Phi) is 3.28. The maximum absolute atomic E-state index is 13.2. The molecule has 92 valence electrons. The molecule has 1 aromatic heterocycles. The number of imidazole rings is 1. The summed E-state index contributed by atoms with van der Waals surface area (Å²) in [6, 6.07) is 4.49. The standard InChI is InChI=1S/C12H16FN3O/c1-3-17-7-8(2)16-11-6-9(13)4-5-10(11)15-12(16)14/h4-6,8H,3,7H2,1-2H3,(H2,14,15). The minimum absolute atomic E-state index is 0.0294. The fourth-order valence-corrected chi connectivity index (χ4v) is 1.91. The Morgan fingerprint density at radius 1 is 1.53 bits per heavy atom. The van der Waals surface area contributed by atoms with Gasteiger partial charge in [-0.15, -0.1) is 0 Å². The van der Waals surface area contributed by atoms with Crippen molar-refractivity contribution < 1.29 is 9.13 Å². The van der Waals surface area contributed by atoms with Gasteiger partial charge in [-0.25, -0.2) is 9.37 Å². The Balaban J connectivity index is 2.44. The van der Waals surface area contributed by atoms with Gasteiger partial charge in [-0.3, -0.25) is 0 Å². The molecule has 0 amide bonds. The SMILES string of the molecule is CCOCC(C)n1c(N)nc2ccc(F)cc21. The van der Waals surface area contributed by atoms with E-state index in [9.17, 15) is 4.39 Å². The number of anilines is 1. The molecule has 0 bridgehead atoms. The van der Waals surface area contributed by atoms with Crippen molar-refractivity contribution in [1.29, 1.82) is 0 Å². The van der Waals surface area contributed by atoms with Crippen molar-refractivity contribution in [3.63, 3.8) is 0 Å². The van der Waals surface area contributed by atoms with E-state index < -0.39 is 0 Å². The summed E-state index contributed by atoms with van der Waals surface area (Å²) in [5, 5.41) is 0. The second kappa shape index (κ2) is 4.71. The molecule has 2 rings (SSSR count). The highest BCUT2D eigenvalue weighted by atomic mass is 19.1. The molecule has 1 heterocycles. The molecule has 0 aliphatic carbocycles. The summed E-state index contributed by atoms with van der Waals surface area (Å²) in [5.41, 5.74) is 7.25. The van der Waals surface area contributed by atoms with Crippen LogP contribution in [0.2, 0.25) is 0 Å². The van der Waals surface area contributed by atoms with E-state index in [-0.39, 0.29) is 11.9 Å². The highest BCUT2D eigenvalue weighted by molar-refractivity contribution is 5.78. The van der Waals surface area contributed by atoms with E-state index >= 15 is 0 Å². The van der Waals surface area contributed by atoms with Gasteiger partial charge in [0.05, 0.1) is 23.7 Å². The van der Waals surface area contributed by atoms with Gasteiger partial charge in [-0.1, -0.05) is 0 Å². The number of nitrogens with zero attached hydrogens (tertiary/aromatic N) is 2. The lowest BCUT2D eigenvalue weighted by molar-refractivity contribution is 0.120. The van der Waals surface area contributed by atoms with Gasteiger partial charge in [0.1, 0.15) is 5.82 Å². The topological polar surface area (TPSA) is 53.1 Å². The molecular weight excluding hydrogens is 221 g/mol. The lowest BCUT2D eigenvalue weighted by atomic mass is 10.3. The van der Waals surface area contributed by atoms with Crippen LogP contribution in [0.1, 0.15) is 19.9 Å². The molecular formula is C12H16FN3O. The normalized spacial score (nSPS) is 13.1. The summed E-state index contributed by atoms with van der Waals surface area (Å²) >= 11 is 0. The second-order valence-corrected chi connectivity index (χ2v) is 3.98. The number of hydrogen-bond acceptors (Lipinski definition) is 3. The number of aromatic nitrogens is 2. The molecule has 0 spiro atoms. The fraction of sp³-hybridized carbons (Fsp3) is 0.417. The number of nitrogen functional groups attached to an aromatic ring is 1. The predicted molar refractivity (Wildman–Crippen MR) is 65.3 cm³/mol. The Hall–Kier alpha value is -1.62. The van der Waals surface area contributed by atoms with Gasteiger partial charge in [0.25, 0.3) is 0 Å². The van der Waals surface area contributed by atoms with Gasteiger partial charge in [-0.05, 0) is 32.0 Å². The van der Waals surface area contributed by atoms with Crippen LogP contribution in [-0.2, 0) is 4.74 Å². The smallest absolute Gasteiger partial charge is 0.201 e. The molecule has 0 aliphatic rings. The fourth-order valence-electron chi connectivity index (χ4n) is 1.91. The third-order valence-corrected chi connectivity index (χ3v) is 2.68. The Morgan fingerprint density at radius 3 is 3.00 bits per heavy atom. The van der Waals surface area contributed by atoms with Gasteiger partial charge in [0, 0.05) is 6.61 Å². The number of hydrogen-bond donors (Lipinski definition) is 1. The first-order valence-electron chi connectivity index (χ1n) is 5.64. The summed E-state index contributed by atoms with van der Waals surface area (Å²) in [4.78, 5) is 4.20. The molecule has 0 aliphatic heterocycles. The molecule has 2 aromatic rings. The number of nitrogens with two attached hydrogens (primary N) is 1. The largest absolute Gasteiger partial charge is 0.380 e. The molecule has 17 heavy (non-hydrogen) atoms. The van der Waals surface area contributed by atoms with Crippen molar-refractivity contribution in [1.82, 2.24) is 9.55 Å². The van der Waals surface area contributed by atoms with Crippen molar-refractivity contribution in [2.24, 2.45) is 0 Å². The van der Waals surface area contributed by atoms with Crippen LogP contribution in [0.15, 0.2) is 18.2 Å². The van der Waals surface area contributed by atoms with Crippen molar-refractivity contribution >= 4 is 17.0 Å². The average molecular weight is 237 g/mol. The monoisotopic (exact) mass is 237 g/mol. The maximum atomic E-state index is 13.2. The average Bonchev–Trinajstić information content (AvgIpc) is 2.61. The summed E-state index contributed by atoms with van der Waals surface area (Å²) in [6.45, 7) is 5.08. The van der Waals surface area contributed by atoms with Crippen molar-refractivity contribution in [2.75, 3.05) is 18.9 Å². The molecule has 1 unspecified atom stereocenters. The molecule has 2 N–H and O–H groups in total. The molecule has 0 saturated carbocycles. The van der Waals surface area contributed by atoms with Gasteiger partial charge >= 0.3 is 0 Å². The highest BCUT2D eigenvalue weighted by Gasteiger charge is 2.14. The van der Waals surface area contributed by atoms with E-state index in [1.54, 1.807) is 10.6 Å². The van der Waals surface area contributed by atoms with Gasteiger partial charge in [0.2, 0.25) is 5.95 Å². The van der Waals surface area contributed by atoms with E-state index in [1.807, 2.05) is 13.8 Å². The molecule has 5 heteroatoms. The Morgan fingerprint density at radius 2 is 2.29 bits per heavy atom. The minimum atomic E-state index is -0.290. The zero-order valence-corrected chi connectivity index (χ0v) is 9.98. The number of rotatable bonds is 4. The number of fused-ring (bicyclic) bond motifs is 1. The molecule has 1 atom stereocenters. The summed E-state index contributed by atoms with van der Waals surface area (Å²) in [7, 11) is 0. The van der Waals surface area contributed by atoms with Gasteiger partial charge < -0.3 is 15.0 Å². The van der Waals surface area contributed by atoms with Crippen LogP contribution < -0.4 is 5.73 Å². The van der Waals surface area contributed by atoms with E-state index in [0.717, 1.165) is 0 Å². The van der Waals surface area contributed by atoms with Crippen LogP contribution in [0, 0.1) is 5.82 Å². The quantitative estimate of drug-likeness (QED) is 0.888. The number of halogens is 1. The molecule has 0 fully saturated rings. The first kappa shape index (κ1) is 11.9. The van der Waals surface area contributed by atoms with Crippen LogP contribution in [0.25, 0.3) is 11.0 Å². The molecule has 4 nitrogen and oxygen atoms in total. The van der Waals surface area contributed by atoms with E-state index in [2.05, 4.69) is 4.98 Å². The zero-order valence-electron chi connectivity index (χ0n) is 9.98. The summed E-state index contributed by atoms with van der Waals surface area (Å²) in [6.07, 6.45) is 0. The first-order chi connectivity index (χ1) is 8.13. The molecule has 1 aromatic carbocycles. The van der Waals surface area contributed by atoms with Crippen LogP contribution in [0.4, 0.5) is 10.3 Å². The van der Waals surface area contributed by atoms with E-state index in [4.69, 9.17) is 10.5 Å². The zero-order chi connectivity index (χ0) is 12.4. The van der Waals surface area contributed by atoms with Crippen molar-refractivity contribution in [3.05, 3.63) is 24.0 Å². The van der Waals surface area contributed by atoms with Crippen LogP contribution >= 0.6 is 0 Å². The van der Waals surface area contributed by atoms with E-state index in [0.29, 0.717) is 30.2 Å².